The maximum Gasteiger partial charge on any atom is 0.274 e. The van der Waals surface area contributed by atoms with E-state index in [0.717, 1.165) is 69.2 Å². The fourth-order valence-electron chi connectivity index (χ4n) is 9.79. The number of hydrogen-bond donors (Lipinski definition) is 3. The average Bonchev–Trinajstić information content (AvgIpc) is 4.00. The number of aromatic nitrogens is 4. The predicted molar refractivity (Wildman–Crippen MR) is 219 cm³/mol. The van der Waals surface area contributed by atoms with Crippen molar-refractivity contribution < 1.29 is 28.3 Å². The van der Waals surface area contributed by atoms with Crippen molar-refractivity contribution >= 4 is 45.5 Å². The van der Waals surface area contributed by atoms with Gasteiger partial charge in [-0.2, -0.15) is 15.5 Å². The lowest BCUT2D eigenvalue weighted by Gasteiger charge is -2.43. The molecule has 14 nitrogen and oxygen atoms in total. The van der Waals surface area contributed by atoms with Crippen molar-refractivity contribution in [1.82, 2.24) is 34.5 Å². The van der Waals surface area contributed by atoms with Gasteiger partial charge >= 0.3 is 0 Å². The standard InChI is InChI=1S/C44H48F2N10O4/c1-44(2,60)34-21-37-27(18-38(34)49-43(59)39-9-7-30-17-26(22-47)23-48-56(30)39)24-55(51-37)29-5-3-28(4-6-29)52-13-15-53(16-14-52)31-11-12-54(25-31)32-19-35(45)41(36(46)20-32)33-8-10-40(57)50-42(33)58/h7,9,17-21,23-24,28-29,31,33,60H,3-6,8,10-16,25H2,1-2H3,(H,49,59)(H,50,57,58)/t28?,29?,31-,33?/m1/s1. The summed E-state index contributed by atoms with van der Waals surface area (Å²) >= 11 is 0. The molecule has 3 amide bonds. The fourth-order valence-corrected chi connectivity index (χ4v) is 9.79. The van der Waals surface area contributed by atoms with Gasteiger partial charge in [0.15, 0.2) is 0 Å². The Morgan fingerprint density at radius 1 is 0.917 bits per heavy atom. The quantitative estimate of drug-likeness (QED) is 0.177. The zero-order chi connectivity index (χ0) is 41.9. The number of nitrogens with one attached hydrogen (secondary N) is 2. The molecule has 16 heteroatoms. The van der Waals surface area contributed by atoms with Crippen LogP contribution in [0.1, 0.15) is 97.9 Å². The van der Waals surface area contributed by atoms with E-state index in [1.165, 1.54) is 22.8 Å². The van der Waals surface area contributed by atoms with Gasteiger partial charge in [0.1, 0.15) is 23.4 Å². The highest BCUT2D eigenvalue weighted by Crippen LogP contribution is 2.37. The van der Waals surface area contributed by atoms with Gasteiger partial charge in [-0.25, -0.2) is 13.3 Å². The largest absolute Gasteiger partial charge is 0.386 e. The van der Waals surface area contributed by atoms with Crippen molar-refractivity contribution in [2.24, 2.45) is 0 Å². The third-order valence-corrected chi connectivity index (χ3v) is 13.0. The molecule has 5 aromatic rings. The Morgan fingerprint density at radius 2 is 1.62 bits per heavy atom. The molecule has 0 spiro atoms. The Balaban J connectivity index is 0.796. The molecule has 1 aliphatic carbocycles. The Kier molecular flexibility index (Phi) is 10.4. The first-order valence-corrected chi connectivity index (χ1v) is 20.8. The van der Waals surface area contributed by atoms with Gasteiger partial charge in [0.2, 0.25) is 11.8 Å². The highest BCUT2D eigenvalue weighted by atomic mass is 19.1. The monoisotopic (exact) mass is 818 g/mol. The number of anilines is 2. The third kappa shape index (κ3) is 7.61. The number of imide groups is 1. The first-order valence-electron chi connectivity index (χ1n) is 20.8. The lowest BCUT2D eigenvalue weighted by atomic mass is 9.89. The molecule has 9 rings (SSSR count). The van der Waals surface area contributed by atoms with Crippen LogP contribution in [-0.2, 0) is 15.2 Å². The first kappa shape index (κ1) is 39.7. The van der Waals surface area contributed by atoms with E-state index >= 15 is 8.78 Å². The number of carbonyl (C=O) groups excluding carboxylic acids is 3. The maximum atomic E-state index is 15.3. The Hall–Kier alpha value is -5.76. The molecule has 3 aromatic heterocycles. The van der Waals surface area contributed by atoms with E-state index < -0.39 is 40.9 Å². The van der Waals surface area contributed by atoms with Crippen LogP contribution in [0.25, 0.3) is 16.4 Å². The summed E-state index contributed by atoms with van der Waals surface area (Å²) < 4.78 is 34.1. The number of piperidine rings is 1. The summed E-state index contributed by atoms with van der Waals surface area (Å²) in [6.07, 6.45) is 8.56. The summed E-state index contributed by atoms with van der Waals surface area (Å²) in [4.78, 5) is 44.5. The van der Waals surface area contributed by atoms with Crippen molar-refractivity contribution in [3.05, 3.63) is 88.9 Å². The number of halogens is 2. The van der Waals surface area contributed by atoms with Gasteiger partial charge in [0, 0.05) is 91.9 Å². The van der Waals surface area contributed by atoms with E-state index in [0.29, 0.717) is 52.8 Å². The van der Waals surface area contributed by atoms with Gasteiger partial charge in [-0.15, -0.1) is 0 Å². The molecule has 4 aliphatic rings. The zero-order valence-electron chi connectivity index (χ0n) is 33.7. The van der Waals surface area contributed by atoms with Crippen LogP contribution in [0, 0.1) is 23.0 Å². The van der Waals surface area contributed by atoms with Crippen LogP contribution in [-0.4, -0.2) is 103 Å². The topological polar surface area (TPSA) is 164 Å². The van der Waals surface area contributed by atoms with Gasteiger partial charge < -0.3 is 15.3 Å². The molecule has 1 unspecified atom stereocenters. The van der Waals surface area contributed by atoms with Crippen LogP contribution >= 0.6 is 0 Å². The second-order valence-corrected chi connectivity index (χ2v) is 17.2. The molecule has 3 aliphatic heterocycles. The second-order valence-electron chi connectivity index (χ2n) is 17.2. The normalized spacial score (nSPS) is 23.3. The number of nitrogens with zero attached hydrogens (tertiary/aromatic N) is 8. The highest BCUT2D eigenvalue weighted by Gasteiger charge is 2.36. The smallest absolute Gasteiger partial charge is 0.274 e. The minimum absolute atomic E-state index is 0.0571. The van der Waals surface area contributed by atoms with E-state index in [-0.39, 0.29) is 30.5 Å². The van der Waals surface area contributed by atoms with Crippen molar-refractivity contribution in [2.45, 2.75) is 88.4 Å². The molecule has 0 bridgehead atoms. The highest BCUT2D eigenvalue weighted by molar-refractivity contribution is 6.05. The van der Waals surface area contributed by atoms with Crippen molar-refractivity contribution in [3.8, 4) is 6.07 Å². The molecule has 2 atom stereocenters. The summed E-state index contributed by atoms with van der Waals surface area (Å²) in [5.41, 5.74) is 2.06. The summed E-state index contributed by atoms with van der Waals surface area (Å²) in [6.45, 7) is 8.52. The molecular weight excluding hydrogens is 771 g/mol. The number of aliphatic hydroxyl groups is 1. The van der Waals surface area contributed by atoms with Crippen LogP contribution in [0.3, 0.4) is 0 Å². The van der Waals surface area contributed by atoms with Crippen molar-refractivity contribution in [1.29, 1.82) is 5.26 Å². The van der Waals surface area contributed by atoms with E-state index in [4.69, 9.17) is 5.10 Å². The molecule has 4 fully saturated rings. The summed E-state index contributed by atoms with van der Waals surface area (Å²) in [5, 5.41) is 35.6. The van der Waals surface area contributed by atoms with E-state index in [2.05, 4.69) is 31.6 Å². The lowest BCUT2D eigenvalue weighted by Crippen LogP contribution is -2.54. The minimum atomic E-state index is -1.26. The second kappa shape index (κ2) is 15.7. The summed E-state index contributed by atoms with van der Waals surface area (Å²) in [6, 6.07) is 14.5. The molecule has 3 saturated heterocycles. The molecule has 2 aromatic carbocycles. The molecule has 0 radical (unpaired) electrons. The van der Waals surface area contributed by atoms with Gasteiger partial charge in [0.25, 0.3) is 5.91 Å². The van der Waals surface area contributed by atoms with Gasteiger partial charge in [0.05, 0.1) is 40.4 Å². The number of fused-ring (bicyclic) bond motifs is 2. The Bertz CT molecular complexity index is 2520. The van der Waals surface area contributed by atoms with Crippen molar-refractivity contribution in [3.63, 3.8) is 0 Å². The number of hydrogen-bond acceptors (Lipinski definition) is 10. The van der Waals surface area contributed by atoms with Crippen LogP contribution in [0.4, 0.5) is 20.2 Å². The lowest BCUT2D eigenvalue weighted by molar-refractivity contribution is -0.134. The van der Waals surface area contributed by atoms with Gasteiger partial charge in [-0.1, -0.05) is 0 Å². The SMILES string of the molecule is CC(C)(O)c1cc2nn(C3CCC(N4CCN([C@@H]5CCN(c6cc(F)c(C7CCC(=O)NC7=O)c(F)c6)C5)CC4)CC3)cc2cc1NC(=O)c1ccc2cc(C#N)cnn12. The predicted octanol–water partition coefficient (Wildman–Crippen LogP) is 5.21. The number of amides is 3. The molecule has 312 valence electrons. The molecule has 60 heavy (non-hydrogen) atoms. The van der Waals surface area contributed by atoms with E-state index in [1.807, 2.05) is 27.9 Å². The average molecular weight is 819 g/mol. The molecule has 3 N–H and O–H groups in total. The molecule has 1 saturated carbocycles. The van der Waals surface area contributed by atoms with Crippen LogP contribution in [0.15, 0.2) is 54.9 Å². The zero-order valence-corrected chi connectivity index (χ0v) is 33.7. The van der Waals surface area contributed by atoms with E-state index in [1.54, 1.807) is 32.0 Å². The summed E-state index contributed by atoms with van der Waals surface area (Å²) in [5.74, 6) is -3.97. The summed E-state index contributed by atoms with van der Waals surface area (Å²) in [7, 11) is 0. The third-order valence-electron chi connectivity index (χ3n) is 13.0. The first-order chi connectivity index (χ1) is 28.8. The maximum absolute atomic E-state index is 15.3. The number of rotatable bonds is 8. The molecule has 6 heterocycles. The number of benzene rings is 2. The van der Waals surface area contributed by atoms with Crippen molar-refractivity contribution in [2.75, 3.05) is 49.5 Å². The number of carbonyl (C=O) groups is 3. The van der Waals surface area contributed by atoms with Crippen LogP contribution in [0.2, 0.25) is 0 Å². The van der Waals surface area contributed by atoms with Crippen LogP contribution < -0.4 is 15.5 Å². The number of piperazine rings is 1. The Morgan fingerprint density at radius 3 is 2.30 bits per heavy atom. The fraction of sp³-hybridized carbons (Fsp3) is 0.455. The van der Waals surface area contributed by atoms with Gasteiger partial charge in [-0.05, 0) is 94.8 Å². The van der Waals surface area contributed by atoms with Crippen LogP contribution in [0.5, 0.6) is 0 Å². The molecular formula is C44H48F2N10O4. The van der Waals surface area contributed by atoms with Gasteiger partial charge in [-0.3, -0.25) is 34.2 Å². The number of nitriles is 1. The Labute approximate surface area is 345 Å². The minimum Gasteiger partial charge on any atom is -0.386 e. The van der Waals surface area contributed by atoms with E-state index in [9.17, 15) is 24.8 Å².